The molecule has 0 bridgehead atoms. The highest BCUT2D eigenvalue weighted by Gasteiger charge is 2.35. The Balaban J connectivity index is 2.10. The van der Waals surface area contributed by atoms with Crippen molar-refractivity contribution >= 4 is 5.97 Å². The summed E-state index contributed by atoms with van der Waals surface area (Å²) in [4.78, 5) is 11.3. The molecule has 0 heterocycles. The second-order valence-corrected chi connectivity index (χ2v) is 6.15. The lowest BCUT2D eigenvalue weighted by atomic mass is 9.67. The van der Waals surface area contributed by atoms with Gasteiger partial charge in [0.25, 0.3) is 0 Å². The molecule has 0 amide bonds. The van der Waals surface area contributed by atoms with E-state index in [9.17, 15) is 9.90 Å². The summed E-state index contributed by atoms with van der Waals surface area (Å²) in [5.74, 6) is 0.662. The van der Waals surface area contributed by atoms with Gasteiger partial charge < -0.3 is 5.11 Å². The molecule has 1 N–H and O–H groups in total. The number of hydrogen-bond acceptors (Lipinski definition) is 1. The van der Waals surface area contributed by atoms with Gasteiger partial charge in [0.2, 0.25) is 0 Å². The van der Waals surface area contributed by atoms with Crippen molar-refractivity contribution in [2.75, 3.05) is 0 Å². The van der Waals surface area contributed by atoms with Crippen LogP contribution in [-0.2, 0) is 4.79 Å². The lowest BCUT2D eigenvalue weighted by molar-refractivity contribution is -0.133. The number of aliphatic carboxylic acids is 1. The lowest BCUT2D eigenvalue weighted by Gasteiger charge is -2.38. The maximum Gasteiger partial charge on any atom is 0.331 e. The van der Waals surface area contributed by atoms with E-state index < -0.39 is 5.97 Å². The minimum Gasteiger partial charge on any atom is -0.478 e. The number of rotatable bonds is 4. The fourth-order valence-corrected chi connectivity index (χ4v) is 4.08. The van der Waals surface area contributed by atoms with Gasteiger partial charge in [0, 0.05) is 5.57 Å². The van der Waals surface area contributed by atoms with Gasteiger partial charge in [0.15, 0.2) is 0 Å². The normalized spacial score (nSPS) is 23.2. The van der Waals surface area contributed by atoms with Crippen LogP contribution in [-0.4, -0.2) is 11.1 Å². The molecule has 2 aliphatic carbocycles. The summed E-state index contributed by atoms with van der Waals surface area (Å²) in [6.45, 7) is 3.91. The van der Waals surface area contributed by atoms with E-state index in [-0.39, 0.29) is 5.92 Å². The molecule has 0 saturated heterocycles. The number of carboxylic acid groups (broad SMARTS) is 1. The minimum atomic E-state index is -0.767. The van der Waals surface area contributed by atoms with Gasteiger partial charge >= 0.3 is 5.97 Å². The Labute approximate surface area is 110 Å². The van der Waals surface area contributed by atoms with E-state index in [1.54, 1.807) is 0 Å². The molecule has 0 aromatic rings. The van der Waals surface area contributed by atoms with Gasteiger partial charge in [0.05, 0.1) is 0 Å². The third-order valence-electron chi connectivity index (χ3n) is 4.99. The largest absolute Gasteiger partial charge is 0.478 e. The SMILES string of the molecule is C=C(C(=O)O)C(C1CCCCC1)C1CCCCC1. The van der Waals surface area contributed by atoms with Crippen LogP contribution in [0, 0.1) is 17.8 Å². The van der Waals surface area contributed by atoms with Gasteiger partial charge in [-0.2, -0.15) is 0 Å². The van der Waals surface area contributed by atoms with Crippen molar-refractivity contribution in [3.05, 3.63) is 12.2 Å². The minimum absolute atomic E-state index is 0.253. The van der Waals surface area contributed by atoms with Crippen LogP contribution in [0.1, 0.15) is 64.2 Å². The predicted octanol–water partition coefficient (Wildman–Crippen LogP) is 4.40. The van der Waals surface area contributed by atoms with Gasteiger partial charge in [-0.3, -0.25) is 0 Å². The van der Waals surface area contributed by atoms with Crippen molar-refractivity contribution in [1.82, 2.24) is 0 Å². The van der Waals surface area contributed by atoms with Crippen LogP contribution in [0.5, 0.6) is 0 Å². The molecule has 2 aliphatic rings. The highest BCUT2D eigenvalue weighted by atomic mass is 16.4. The molecule has 0 aromatic heterocycles. The molecule has 0 spiro atoms. The molecule has 0 aliphatic heterocycles. The zero-order valence-electron chi connectivity index (χ0n) is 11.4. The molecule has 18 heavy (non-hydrogen) atoms. The van der Waals surface area contributed by atoms with Gasteiger partial charge in [-0.15, -0.1) is 0 Å². The summed E-state index contributed by atoms with van der Waals surface area (Å²) in [6, 6.07) is 0. The van der Waals surface area contributed by atoms with Crippen molar-refractivity contribution in [3.63, 3.8) is 0 Å². The Morgan fingerprint density at radius 1 is 0.889 bits per heavy atom. The van der Waals surface area contributed by atoms with Crippen LogP contribution < -0.4 is 0 Å². The van der Waals surface area contributed by atoms with Crippen molar-refractivity contribution in [1.29, 1.82) is 0 Å². The molecule has 0 atom stereocenters. The van der Waals surface area contributed by atoms with E-state index in [4.69, 9.17) is 0 Å². The average Bonchev–Trinajstić information content (AvgIpc) is 2.41. The first kappa shape index (κ1) is 13.6. The van der Waals surface area contributed by atoms with E-state index in [0.717, 1.165) is 0 Å². The van der Waals surface area contributed by atoms with E-state index in [1.807, 2.05) is 0 Å². The summed E-state index contributed by atoms with van der Waals surface area (Å²) in [6.07, 6.45) is 12.6. The molecule has 2 rings (SSSR count). The molecule has 0 unspecified atom stereocenters. The zero-order valence-corrected chi connectivity index (χ0v) is 11.4. The van der Waals surface area contributed by atoms with Crippen LogP contribution in [0.4, 0.5) is 0 Å². The standard InChI is InChI=1S/C16H26O2/c1-12(16(17)18)15(13-8-4-2-5-9-13)14-10-6-3-7-11-14/h13-15H,1-11H2,(H,17,18). The first-order chi connectivity index (χ1) is 8.70. The van der Waals surface area contributed by atoms with Crippen molar-refractivity contribution in [2.24, 2.45) is 17.8 Å². The molecule has 2 saturated carbocycles. The van der Waals surface area contributed by atoms with E-state index in [0.29, 0.717) is 17.4 Å². The second-order valence-electron chi connectivity index (χ2n) is 6.15. The Morgan fingerprint density at radius 3 is 1.61 bits per heavy atom. The summed E-state index contributed by atoms with van der Waals surface area (Å²) in [5.41, 5.74) is 0.494. The van der Waals surface area contributed by atoms with Crippen LogP contribution in [0.15, 0.2) is 12.2 Å². The Kier molecular flexibility index (Phi) is 4.85. The van der Waals surface area contributed by atoms with Crippen molar-refractivity contribution in [2.45, 2.75) is 64.2 Å². The second kappa shape index (κ2) is 6.40. The molecule has 2 nitrogen and oxygen atoms in total. The van der Waals surface area contributed by atoms with Crippen molar-refractivity contribution < 1.29 is 9.90 Å². The van der Waals surface area contributed by atoms with Crippen LogP contribution >= 0.6 is 0 Å². The molecule has 2 heteroatoms. The fourth-order valence-electron chi connectivity index (χ4n) is 4.08. The maximum atomic E-state index is 11.3. The van der Waals surface area contributed by atoms with Crippen LogP contribution in [0.25, 0.3) is 0 Å². The third kappa shape index (κ3) is 3.15. The third-order valence-corrected chi connectivity index (χ3v) is 4.99. The summed E-state index contributed by atoms with van der Waals surface area (Å²) < 4.78 is 0. The first-order valence-electron chi connectivity index (χ1n) is 7.62. The van der Waals surface area contributed by atoms with Crippen LogP contribution in [0.2, 0.25) is 0 Å². The van der Waals surface area contributed by atoms with E-state index in [2.05, 4.69) is 6.58 Å². The van der Waals surface area contributed by atoms with E-state index >= 15 is 0 Å². The number of carbonyl (C=O) groups is 1. The molecular weight excluding hydrogens is 224 g/mol. The fraction of sp³-hybridized carbons (Fsp3) is 0.812. The summed E-state index contributed by atoms with van der Waals surface area (Å²) in [5, 5.41) is 9.31. The molecule has 2 fully saturated rings. The Hall–Kier alpha value is -0.790. The highest BCUT2D eigenvalue weighted by Crippen LogP contribution is 2.43. The Bertz CT molecular complexity index is 278. The predicted molar refractivity (Wildman–Crippen MR) is 73.4 cm³/mol. The zero-order chi connectivity index (χ0) is 13.0. The van der Waals surface area contributed by atoms with Crippen molar-refractivity contribution in [3.8, 4) is 0 Å². The summed E-state index contributed by atoms with van der Waals surface area (Å²) >= 11 is 0. The number of carboxylic acids is 1. The molecule has 0 radical (unpaired) electrons. The smallest absolute Gasteiger partial charge is 0.331 e. The highest BCUT2D eigenvalue weighted by molar-refractivity contribution is 5.86. The van der Waals surface area contributed by atoms with Crippen LogP contribution in [0.3, 0.4) is 0 Å². The van der Waals surface area contributed by atoms with Gasteiger partial charge in [0.1, 0.15) is 0 Å². The van der Waals surface area contributed by atoms with Gasteiger partial charge in [-0.25, -0.2) is 4.79 Å². The monoisotopic (exact) mass is 250 g/mol. The maximum absolute atomic E-state index is 11.3. The average molecular weight is 250 g/mol. The first-order valence-corrected chi connectivity index (χ1v) is 7.62. The van der Waals surface area contributed by atoms with Gasteiger partial charge in [-0.05, 0) is 43.4 Å². The van der Waals surface area contributed by atoms with E-state index in [1.165, 1.54) is 64.2 Å². The molecule has 0 aromatic carbocycles. The molecular formula is C16H26O2. The topological polar surface area (TPSA) is 37.3 Å². The summed E-state index contributed by atoms with van der Waals surface area (Å²) in [7, 11) is 0. The number of hydrogen-bond donors (Lipinski definition) is 1. The Morgan fingerprint density at radius 2 is 1.28 bits per heavy atom. The quantitative estimate of drug-likeness (QED) is 0.751. The molecule has 102 valence electrons. The lowest BCUT2D eigenvalue weighted by Crippen LogP contribution is -2.31. The van der Waals surface area contributed by atoms with Gasteiger partial charge in [-0.1, -0.05) is 45.1 Å².